The quantitative estimate of drug-likeness (QED) is 0.392. The maximum atomic E-state index is 13.3. The monoisotopic (exact) mass is 561 g/mol. The minimum atomic E-state index is -3.81. The molecule has 3 heterocycles. The van der Waals surface area contributed by atoms with Crippen molar-refractivity contribution in [1.29, 1.82) is 0 Å². The predicted molar refractivity (Wildman–Crippen MR) is 146 cm³/mol. The van der Waals surface area contributed by atoms with Crippen molar-refractivity contribution in [1.82, 2.24) is 18.2 Å². The molecule has 0 atom stereocenters. The van der Waals surface area contributed by atoms with Gasteiger partial charge in [0.15, 0.2) is 5.65 Å². The number of methoxy groups -OCH3 is 1. The van der Waals surface area contributed by atoms with Gasteiger partial charge in [-0.25, -0.2) is 35.1 Å². The highest BCUT2D eigenvalue weighted by atomic mass is 32.2. The third-order valence-electron chi connectivity index (χ3n) is 7.91. The zero-order valence-electron chi connectivity index (χ0n) is 22.0. The molecule has 3 aromatic rings. The maximum Gasteiger partial charge on any atom is 0.269 e. The third kappa shape index (κ3) is 5.18. The Hall–Kier alpha value is -2.54. The minimum Gasteiger partial charge on any atom is -0.384 e. The van der Waals surface area contributed by atoms with Crippen molar-refractivity contribution in [3.8, 4) is 0 Å². The molecule has 0 radical (unpaired) electrons. The van der Waals surface area contributed by atoms with Crippen LogP contribution in [-0.2, 0) is 24.8 Å². The fourth-order valence-corrected chi connectivity index (χ4v) is 8.68. The van der Waals surface area contributed by atoms with Gasteiger partial charge in [0, 0.05) is 46.1 Å². The highest BCUT2D eigenvalue weighted by molar-refractivity contribution is 7.90. The van der Waals surface area contributed by atoms with Gasteiger partial charge in [-0.1, -0.05) is 17.7 Å². The van der Waals surface area contributed by atoms with E-state index in [2.05, 4.69) is 9.97 Å². The molecule has 1 aromatic carbocycles. The predicted octanol–water partition coefficient (Wildman–Crippen LogP) is 2.88. The summed E-state index contributed by atoms with van der Waals surface area (Å²) in [5.41, 5.74) is 1.29. The molecule has 0 amide bonds. The molecule has 38 heavy (non-hydrogen) atoms. The molecule has 5 rings (SSSR count). The maximum absolute atomic E-state index is 13.3. The SMILES string of the molecule is COCC1CCN(S(=O)(=O)C[C@H]2C[C@H](N(C)c3ncnc4c3ccn4S(=O)(=O)c3ccc(C)cc3)C2)CC1. The topological polar surface area (TPSA) is 115 Å². The second kappa shape index (κ2) is 10.6. The number of nitrogens with zero attached hydrogens (tertiary/aromatic N) is 5. The van der Waals surface area contributed by atoms with Gasteiger partial charge in [0.1, 0.15) is 12.1 Å². The van der Waals surface area contributed by atoms with Crippen LogP contribution in [0.3, 0.4) is 0 Å². The van der Waals surface area contributed by atoms with Gasteiger partial charge in [-0.05, 0) is 62.6 Å². The number of piperidine rings is 1. The van der Waals surface area contributed by atoms with E-state index in [0.29, 0.717) is 42.5 Å². The first-order valence-corrected chi connectivity index (χ1v) is 16.0. The number of ether oxygens (including phenoxy) is 1. The first-order chi connectivity index (χ1) is 18.1. The Morgan fingerprint density at radius 2 is 1.68 bits per heavy atom. The molecule has 0 N–H and O–H groups in total. The van der Waals surface area contributed by atoms with Gasteiger partial charge in [-0.15, -0.1) is 0 Å². The van der Waals surface area contributed by atoms with E-state index in [1.807, 2.05) is 18.9 Å². The number of aryl methyl sites for hydroxylation is 1. The number of hydrogen-bond donors (Lipinski definition) is 0. The molecule has 1 aliphatic heterocycles. The van der Waals surface area contributed by atoms with Gasteiger partial charge in [-0.2, -0.15) is 0 Å². The van der Waals surface area contributed by atoms with Gasteiger partial charge >= 0.3 is 0 Å². The van der Waals surface area contributed by atoms with E-state index in [-0.39, 0.29) is 22.6 Å². The summed E-state index contributed by atoms with van der Waals surface area (Å²) < 4.78 is 60.6. The van der Waals surface area contributed by atoms with Crippen molar-refractivity contribution in [2.45, 2.75) is 43.5 Å². The normalized spacial score (nSPS) is 21.4. The van der Waals surface area contributed by atoms with Crippen molar-refractivity contribution in [3.05, 3.63) is 48.4 Å². The lowest BCUT2D eigenvalue weighted by atomic mass is 9.81. The fraction of sp³-hybridized carbons (Fsp3) is 0.538. The summed E-state index contributed by atoms with van der Waals surface area (Å²) in [6, 6.07) is 8.57. The van der Waals surface area contributed by atoms with Crippen molar-refractivity contribution in [2.75, 3.05) is 44.5 Å². The van der Waals surface area contributed by atoms with Crippen molar-refractivity contribution >= 4 is 36.9 Å². The van der Waals surface area contributed by atoms with E-state index in [1.54, 1.807) is 41.7 Å². The van der Waals surface area contributed by atoms with Crippen LogP contribution in [0.15, 0.2) is 47.8 Å². The molecule has 1 saturated heterocycles. The molecule has 10 nitrogen and oxygen atoms in total. The molecule has 1 aliphatic carbocycles. The first-order valence-electron chi connectivity index (χ1n) is 12.9. The average Bonchev–Trinajstić information content (AvgIpc) is 3.32. The van der Waals surface area contributed by atoms with E-state index < -0.39 is 20.0 Å². The van der Waals surface area contributed by atoms with Gasteiger partial charge in [0.05, 0.1) is 16.0 Å². The third-order valence-corrected chi connectivity index (χ3v) is 11.6. The highest BCUT2D eigenvalue weighted by Crippen LogP contribution is 2.37. The highest BCUT2D eigenvalue weighted by Gasteiger charge is 2.38. The lowest BCUT2D eigenvalue weighted by molar-refractivity contribution is 0.121. The average molecular weight is 562 g/mol. The second-order valence-electron chi connectivity index (χ2n) is 10.5. The summed E-state index contributed by atoms with van der Waals surface area (Å²) in [5, 5.41) is 0.640. The molecular weight excluding hydrogens is 526 g/mol. The lowest BCUT2D eigenvalue weighted by Crippen LogP contribution is -2.48. The van der Waals surface area contributed by atoms with Gasteiger partial charge < -0.3 is 9.64 Å². The molecule has 2 fully saturated rings. The van der Waals surface area contributed by atoms with Crippen LogP contribution in [0.25, 0.3) is 11.0 Å². The van der Waals surface area contributed by atoms with Crippen LogP contribution in [0.1, 0.15) is 31.2 Å². The number of aromatic nitrogens is 3. The van der Waals surface area contributed by atoms with Crippen molar-refractivity contribution in [3.63, 3.8) is 0 Å². The van der Waals surface area contributed by atoms with E-state index >= 15 is 0 Å². The Morgan fingerprint density at radius 3 is 2.34 bits per heavy atom. The second-order valence-corrected chi connectivity index (χ2v) is 14.4. The van der Waals surface area contributed by atoms with E-state index in [0.717, 1.165) is 31.2 Å². The zero-order chi connectivity index (χ0) is 27.1. The van der Waals surface area contributed by atoms with Crippen LogP contribution in [0, 0.1) is 18.8 Å². The smallest absolute Gasteiger partial charge is 0.269 e. The first kappa shape index (κ1) is 27.0. The molecule has 1 saturated carbocycles. The van der Waals surface area contributed by atoms with Crippen LogP contribution >= 0.6 is 0 Å². The number of hydrogen-bond acceptors (Lipinski definition) is 8. The zero-order valence-corrected chi connectivity index (χ0v) is 23.7. The molecule has 2 aliphatic rings. The lowest BCUT2D eigenvalue weighted by Gasteiger charge is -2.42. The fourth-order valence-electron chi connectivity index (χ4n) is 5.53. The van der Waals surface area contributed by atoms with Gasteiger partial charge in [0.25, 0.3) is 10.0 Å². The largest absolute Gasteiger partial charge is 0.384 e. The van der Waals surface area contributed by atoms with Crippen LogP contribution in [0.5, 0.6) is 0 Å². The minimum absolute atomic E-state index is 0.0907. The number of fused-ring (bicyclic) bond motifs is 1. The van der Waals surface area contributed by atoms with E-state index in [1.165, 1.54) is 16.5 Å². The Kier molecular flexibility index (Phi) is 7.51. The van der Waals surface area contributed by atoms with Crippen molar-refractivity contribution in [2.24, 2.45) is 11.8 Å². The summed E-state index contributed by atoms with van der Waals surface area (Å²) in [7, 11) is -3.50. The van der Waals surface area contributed by atoms with E-state index in [4.69, 9.17) is 4.74 Å². The number of anilines is 1. The molecule has 0 unspecified atom stereocenters. The van der Waals surface area contributed by atoms with Crippen LogP contribution in [0.4, 0.5) is 5.82 Å². The Labute approximate surface area is 224 Å². The van der Waals surface area contributed by atoms with E-state index in [9.17, 15) is 16.8 Å². The number of sulfonamides is 1. The Morgan fingerprint density at radius 1 is 1.00 bits per heavy atom. The standard InChI is InChI=1S/C26H35N5O5S2/c1-19-4-6-23(7-5-19)38(34,35)31-13-10-24-25(27-18-28-26(24)31)29(2)22-14-21(15-22)17-37(32,33)30-11-8-20(9-12-30)16-36-3/h4-7,10,13,18,20-22H,8-9,11-12,14-17H2,1-3H3/t21-,22-. The molecule has 12 heteroatoms. The molecule has 0 spiro atoms. The Balaban J connectivity index is 1.26. The van der Waals surface area contributed by atoms with Gasteiger partial charge in [0.2, 0.25) is 10.0 Å². The summed E-state index contributed by atoms with van der Waals surface area (Å²) in [4.78, 5) is 11.0. The summed E-state index contributed by atoms with van der Waals surface area (Å²) in [5.74, 6) is 1.32. The van der Waals surface area contributed by atoms with Crippen LogP contribution < -0.4 is 4.90 Å². The van der Waals surface area contributed by atoms with Crippen LogP contribution in [0.2, 0.25) is 0 Å². The summed E-state index contributed by atoms with van der Waals surface area (Å²) in [6.45, 7) is 3.72. The Bertz CT molecular complexity index is 1490. The number of benzene rings is 1. The summed E-state index contributed by atoms with van der Waals surface area (Å²) >= 11 is 0. The molecule has 2 aromatic heterocycles. The van der Waals surface area contributed by atoms with Crippen LogP contribution in [-0.4, -0.2) is 80.7 Å². The van der Waals surface area contributed by atoms with Gasteiger partial charge in [-0.3, -0.25) is 0 Å². The molecule has 0 bridgehead atoms. The number of rotatable bonds is 9. The molecular formula is C26H35N5O5S2. The summed E-state index contributed by atoms with van der Waals surface area (Å²) in [6.07, 6.45) is 6.05. The molecule has 206 valence electrons. The van der Waals surface area contributed by atoms with Crippen molar-refractivity contribution < 1.29 is 21.6 Å².